The molecule has 1 unspecified atom stereocenters. The van der Waals surface area contributed by atoms with Crippen LogP contribution in [0.4, 0.5) is 0 Å². The molecule has 0 amide bonds. The van der Waals surface area contributed by atoms with Crippen molar-refractivity contribution < 1.29 is 9.90 Å². The largest absolute Gasteiger partial charge is 0.481 e. The lowest BCUT2D eigenvalue weighted by Gasteiger charge is -2.06. The lowest BCUT2D eigenvalue weighted by atomic mass is 10.00. The highest BCUT2D eigenvalue weighted by Crippen LogP contribution is 2.23. The Kier molecular flexibility index (Phi) is 9.99. The lowest BCUT2D eigenvalue weighted by molar-refractivity contribution is -0.137. The Morgan fingerprint density at radius 1 is 1.05 bits per heavy atom. The van der Waals surface area contributed by atoms with E-state index in [4.69, 9.17) is 5.11 Å². The third-order valence-electron chi connectivity index (χ3n) is 3.99. The summed E-state index contributed by atoms with van der Waals surface area (Å²) >= 11 is 0. The highest BCUT2D eigenvalue weighted by molar-refractivity contribution is 5.66. The molecule has 1 atom stereocenters. The fraction of sp³-hybridized carbons (Fsp3) is 0.722. The molecule has 0 radical (unpaired) electrons. The number of carboxylic acid groups (broad SMARTS) is 1. The van der Waals surface area contributed by atoms with Crippen LogP contribution >= 0.6 is 0 Å². The Balaban J connectivity index is 1.77. The van der Waals surface area contributed by atoms with Crippen LogP contribution in [-0.2, 0) is 4.79 Å². The molecule has 0 aliphatic heterocycles. The van der Waals surface area contributed by atoms with Gasteiger partial charge in [0.15, 0.2) is 0 Å². The molecule has 0 spiro atoms. The lowest BCUT2D eigenvalue weighted by Crippen LogP contribution is -1.92. The van der Waals surface area contributed by atoms with Crippen LogP contribution in [0.2, 0.25) is 0 Å². The quantitative estimate of drug-likeness (QED) is 0.378. The zero-order valence-electron chi connectivity index (χ0n) is 12.7. The maximum atomic E-state index is 10.3. The zero-order chi connectivity index (χ0) is 14.5. The third-order valence-corrected chi connectivity index (χ3v) is 3.99. The fourth-order valence-corrected chi connectivity index (χ4v) is 2.73. The number of hydrogen-bond acceptors (Lipinski definition) is 1. The predicted octanol–water partition coefficient (Wildman–Crippen LogP) is 5.49. The van der Waals surface area contributed by atoms with Crippen molar-refractivity contribution in [3.8, 4) is 0 Å². The van der Waals surface area contributed by atoms with Gasteiger partial charge in [-0.2, -0.15) is 0 Å². The van der Waals surface area contributed by atoms with Crippen LogP contribution < -0.4 is 0 Å². The second-order valence-corrected chi connectivity index (χ2v) is 5.87. The first-order valence-corrected chi connectivity index (χ1v) is 8.32. The minimum Gasteiger partial charge on any atom is -0.481 e. The maximum Gasteiger partial charge on any atom is 0.303 e. The van der Waals surface area contributed by atoms with E-state index in [-0.39, 0.29) is 0 Å². The van der Waals surface area contributed by atoms with E-state index in [1.807, 2.05) is 0 Å². The smallest absolute Gasteiger partial charge is 0.303 e. The van der Waals surface area contributed by atoms with E-state index >= 15 is 0 Å². The fourth-order valence-electron chi connectivity index (χ4n) is 2.73. The Morgan fingerprint density at radius 3 is 2.40 bits per heavy atom. The normalized spacial score (nSPS) is 18.1. The van der Waals surface area contributed by atoms with E-state index in [2.05, 4.69) is 24.3 Å². The second-order valence-electron chi connectivity index (χ2n) is 5.87. The van der Waals surface area contributed by atoms with E-state index < -0.39 is 5.97 Å². The molecule has 1 N–H and O–H groups in total. The molecule has 0 saturated carbocycles. The van der Waals surface area contributed by atoms with Crippen molar-refractivity contribution in [3.05, 3.63) is 24.3 Å². The number of rotatable bonds is 12. The topological polar surface area (TPSA) is 37.3 Å². The summed E-state index contributed by atoms with van der Waals surface area (Å²) in [5, 5.41) is 8.50. The van der Waals surface area contributed by atoms with Crippen molar-refractivity contribution in [2.75, 3.05) is 0 Å². The van der Waals surface area contributed by atoms with Crippen molar-refractivity contribution in [1.82, 2.24) is 0 Å². The summed E-state index contributed by atoms with van der Waals surface area (Å²) in [7, 11) is 0. The van der Waals surface area contributed by atoms with Gasteiger partial charge in [-0.05, 0) is 57.3 Å². The van der Waals surface area contributed by atoms with Crippen molar-refractivity contribution in [2.24, 2.45) is 5.92 Å². The van der Waals surface area contributed by atoms with Gasteiger partial charge in [-0.15, -0.1) is 0 Å². The number of unbranched alkanes of at least 4 members (excludes halogenated alkanes) is 6. The van der Waals surface area contributed by atoms with Gasteiger partial charge < -0.3 is 5.11 Å². The highest BCUT2D eigenvalue weighted by Gasteiger charge is 2.07. The van der Waals surface area contributed by atoms with Crippen LogP contribution in [0.1, 0.15) is 77.0 Å². The summed E-state index contributed by atoms with van der Waals surface area (Å²) in [5.74, 6) is 0.197. The van der Waals surface area contributed by atoms with Crippen LogP contribution in [0, 0.1) is 5.92 Å². The van der Waals surface area contributed by atoms with Gasteiger partial charge in [0, 0.05) is 6.42 Å². The standard InChI is InChI=1S/C18H30O2/c19-18(20)16-10-8-6-4-2-1-3-5-7-9-13-17-14-11-12-15-17/h2,4,11,14,17H,1,3,5-10,12-13,15-16H2,(H,19,20)/b4-2+. The van der Waals surface area contributed by atoms with E-state index in [0.29, 0.717) is 6.42 Å². The average Bonchev–Trinajstić information content (AvgIpc) is 2.93. The third kappa shape index (κ3) is 9.82. The molecule has 0 bridgehead atoms. The van der Waals surface area contributed by atoms with E-state index in [9.17, 15) is 4.79 Å². The molecule has 20 heavy (non-hydrogen) atoms. The molecule has 0 aromatic heterocycles. The van der Waals surface area contributed by atoms with Gasteiger partial charge in [0.05, 0.1) is 0 Å². The van der Waals surface area contributed by atoms with Crippen molar-refractivity contribution >= 4 is 5.97 Å². The maximum absolute atomic E-state index is 10.3. The molecule has 1 rings (SSSR count). The van der Waals surface area contributed by atoms with E-state index in [1.165, 1.54) is 51.4 Å². The number of carbonyl (C=O) groups is 1. The molecule has 0 heterocycles. The van der Waals surface area contributed by atoms with Crippen molar-refractivity contribution in [2.45, 2.75) is 77.0 Å². The van der Waals surface area contributed by atoms with Gasteiger partial charge in [0.2, 0.25) is 0 Å². The first-order valence-electron chi connectivity index (χ1n) is 8.32. The molecule has 114 valence electrons. The number of aliphatic carboxylic acids is 1. The number of allylic oxidation sites excluding steroid dienone is 4. The molecule has 0 aromatic carbocycles. The average molecular weight is 278 g/mol. The Labute approximate surface area is 124 Å². The minimum absolute atomic E-state index is 0.310. The van der Waals surface area contributed by atoms with Crippen molar-refractivity contribution in [1.29, 1.82) is 0 Å². The molecular formula is C18H30O2. The van der Waals surface area contributed by atoms with E-state index in [1.54, 1.807) is 0 Å². The Morgan fingerprint density at radius 2 is 1.75 bits per heavy atom. The summed E-state index contributed by atoms with van der Waals surface area (Å²) < 4.78 is 0. The minimum atomic E-state index is -0.679. The molecule has 0 saturated heterocycles. The van der Waals surface area contributed by atoms with Crippen LogP contribution in [0.3, 0.4) is 0 Å². The molecule has 2 nitrogen and oxygen atoms in total. The van der Waals surface area contributed by atoms with Gasteiger partial charge in [-0.3, -0.25) is 4.79 Å². The SMILES string of the molecule is O=C(O)CCCC/C=C/CCCCCCC1C=CCC1. The van der Waals surface area contributed by atoms with Gasteiger partial charge >= 0.3 is 5.97 Å². The Bertz CT molecular complexity index is 305. The predicted molar refractivity (Wildman–Crippen MR) is 84.8 cm³/mol. The second kappa shape index (κ2) is 11.7. The summed E-state index contributed by atoms with van der Waals surface area (Å²) in [6.45, 7) is 0. The summed E-state index contributed by atoms with van der Waals surface area (Å²) in [5.41, 5.74) is 0. The molecule has 0 aromatic rings. The first kappa shape index (κ1) is 17.0. The van der Waals surface area contributed by atoms with Crippen LogP contribution in [-0.4, -0.2) is 11.1 Å². The van der Waals surface area contributed by atoms with Crippen LogP contribution in [0.5, 0.6) is 0 Å². The van der Waals surface area contributed by atoms with Crippen LogP contribution in [0.25, 0.3) is 0 Å². The summed E-state index contributed by atoms with van der Waals surface area (Å²) in [4.78, 5) is 10.3. The molecular weight excluding hydrogens is 248 g/mol. The molecule has 1 aliphatic rings. The highest BCUT2D eigenvalue weighted by atomic mass is 16.4. The molecule has 0 fully saturated rings. The first-order chi connectivity index (χ1) is 9.79. The summed E-state index contributed by atoms with van der Waals surface area (Å²) in [6, 6.07) is 0. The monoisotopic (exact) mass is 278 g/mol. The van der Waals surface area contributed by atoms with Gasteiger partial charge in [-0.1, -0.05) is 43.6 Å². The van der Waals surface area contributed by atoms with Gasteiger partial charge in [0.1, 0.15) is 0 Å². The number of carboxylic acids is 1. The van der Waals surface area contributed by atoms with Gasteiger partial charge in [-0.25, -0.2) is 0 Å². The molecule has 2 heteroatoms. The number of hydrogen-bond donors (Lipinski definition) is 1. The summed E-state index contributed by atoms with van der Waals surface area (Å²) in [6.07, 6.45) is 23.0. The Hall–Kier alpha value is -1.05. The zero-order valence-corrected chi connectivity index (χ0v) is 12.7. The van der Waals surface area contributed by atoms with Crippen molar-refractivity contribution in [3.63, 3.8) is 0 Å². The van der Waals surface area contributed by atoms with Crippen LogP contribution in [0.15, 0.2) is 24.3 Å². The molecule has 1 aliphatic carbocycles. The van der Waals surface area contributed by atoms with E-state index in [0.717, 1.165) is 25.2 Å². The van der Waals surface area contributed by atoms with Gasteiger partial charge in [0.25, 0.3) is 0 Å².